The number of imidazole rings is 1. The third-order valence-electron chi connectivity index (χ3n) is 2.17. The lowest BCUT2D eigenvalue weighted by atomic mass is 10.2. The van der Waals surface area contributed by atoms with Gasteiger partial charge in [0.1, 0.15) is 5.82 Å². The summed E-state index contributed by atoms with van der Waals surface area (Å²) in [5.74, 6) is 3.08. The van der Waals surface area contributed by atoms with Crippen molar-refractivity contribution in [2.24, 2.45) is 0 Å². The van der Waals surface area contributed by atoms with E-state index >= 15 is 0 Å². The average molecular weight is 217 g/mol. The minimum atomic E-state index is 0.882. The monoisotopic (exact) mass is 217 g/mol. The van der Waals surface area contributed by atoms with Crippen LogP contribution in [-0.2, 0) is 6.54 Å². The highest BCUT2D eigenvalue weighted by molar-refractivity contribution is 8.00. The Labute approximate surface area is 94.3 Å². The topological polar surface area (TPSA) is 17.8 Å². The number of nitrogens with zero attached hydrogens (tertiary/aromatic N) is 2. The molecule has 3 heteroatoms. The van der Waals surface area contributed by atoms with Crippen LogP contribution in [0.25, 0.3) is 0 Å². The summed E-state index contributed by atoms with van der Waals surface area (Å²) in [6.45, 7) is 0.882. The van der Waals surface area contributed by atoms with Crippen LogP contribution in [0.3, 0.4) is 0 Å². The lowest BCUT2D eigenvalue weighted by Gasteiger charge is -2.06. The molecule has 1 aromatic carbocycles. The van der Waals surface area contributed by atoms with E-state index in [1.807, 2.05) is 24.7 Å². The van der Waals surface area contributed by atoms with E-state index in [1.54, 1.807) is 11.8 Å². The molecular weight excluding hydrogens is 204 g/mol. The molecule has 15 heavy (non-hydrogen) atoms. The number of hydrogen-bond donors (Lipinski definition) is 0. The van der Waals surface area contributed by atoms with Crippen LogP contribution in [0, 0.1) is 5.75 Å². The van der Waals surface area contributed by atoms with Gasteiger partial charge in [0.25, 0.3) is 0 Å². The predicted molar refractivity (Wildman–Crippen MR) is 64.7 cm³/mol. The van der Waals surface area contributed by atoms with Crippen LogP contribution in [-0.4, -0.2) is 15.8 Å². The maximum absolute atomic E-state index is 4.29. The van der Waals surface area contributed by atoms with Gasteiger partial charge in [-0.15, -0.1) is 0 Å². The van der Waals surface area contributed by atoms with Crippen molar-refractivity contribution >= 4 is 11.8 Å². The zero-order valence-corrected chi connectivity index (χ0v) is 9.45. The van der Waals surface area contributed by atoms with Gasteiger partial charge in [-0.3, -0.25) is 0 Å². The van der Waals surface area contributed by atoms with Gasteiger partial charge in [-0.2, -0.15) is 11.8 Å². The summed E-state index contributed by atoms with van der Waals surface area (Å²) in [6.07, 6.45) is 5.89. The molecule has 0 aliphatic carbocycles. The van der Waals surface area contributed by atoms with Crippen molar-refractivity contribution < 1.29 is 0 Å². The summed E-state index contributed by atoms with van der Waals surface area (Å²) in [7, 11) is 0. The SMILES string of the molecule is CS[CH]c1nccn1Cc1ccccc1. The van der Waals surface area contributed by atoms with Crippen molar-refractivity contribution in [1.82, 2.24) is 9.55 Å². The molecule has 0 fully saturated rings. The molecule has 0 saturated carbocycles. The van der Waals surface area contributed by atoms with Crippen molar-refractivity contribution in [3.63, 3.8) is 0 Å². The minimum Gasteiger partial charge on any atom is -0.330 e. The van der Waals surface area contributed by atoms with E-state index in [4.69, 9.17) is 0 Å². The lowest BCUT2D eigenvalue weighted by Crippen LogP contribution is -2.02. The highest BCUT2D eigenvalue weighted by atomic mass is 32.2. The van der Waals surface area contributed by atoms with Crippen LogP contribution in [0.15, 0.2) is 42.7 Å². The molecule has 1 heterocycles. The molecule has 1 radical (unpaired) electrons. The van der Waals surface area contributed by atoms with Crippen LogP contribution in [0.1, 0.15) is 11.4 Å². The van der Waals surface area contributed by atoms with Gasteiger partial charge >= 0.3 is 0 Å². The first-order valence-electron chi connectivity index (χ1n) is 4.81. The molecule has 77 valence electrons. The molecule has 0 aliphatic heterocycles. The summed E-state index contributed by atoms with van der Waals surface area (Å²) in [4.78, 5) is 4.29. The Balaban J connectivity index is 2.14. The Kier molecular flexibility index (Phi) is 3.45. The third-order valence-corrected chi connectivity index (χ3v) is 2.61. The maximum atomic E-state index is 4.29. The second kappa shape index (κ2) is 5.03. The largest absolute Gasteiger partial charge is 0.330 e. The molecule has 0 aliphatic rings. The van der Waals surface area contributed by atoms with Gasteiger partial charge in [0.2, 0.25) is 0 Å². The highest BCUT2D eigenvalue weighted by Gasteiger charge is 2.02. The number of aromatic nitrogens is 2. The number of hydrogen-bond acceptors (Lipinski definition) is 2. The second-order valence-corrected chi connectivity index (χ2v) is 3.96. The molecule has 2 rings (SSSR count). The first kappa shape index (κ1) is 10.3. The quantitative estimate of drug-likeness (QED) is 0.783. The Bertz CT molecular complexity index is 409. The smallest absolute Gasteiger partial charge is 0.123 e. The molecule has 0 atom stereocenters. The van der Waals surface area contributed by atoms with E-state index in [2.05, 4.69) is 39.6 Å². The van der Waals surface area contributed by atoms with Crippen molar-refractivity contribution in [2.75, 3.05) is 6.26 Å². The minimum absolute atomic E-state index is 0.882. The molecule has 1 aromatic heterocycles. The summed E-state index contributed by atoms with van der Waals surface area (Å²) in [6, 6.07) is 10.4. The Hall–Kier alpha value is -1.22. The molecule has 0 unspecified atom stereocenters. The fourth-order valence-electron chi connectivity index (χ4n) is 1.46. The molecular formula is C12H13N2S. The summed E-state index contributed by atoms with van der Waals surface area (Å²) < 4.78 is 2.14. The summed E-state index contributed by atoms with van der Waals surface area (Å²) >= 11 is 1.68. The predicted octanol–water partition coefficient (Wildman–Crippen LogP) is 2.80. The number of benzene rings is 1. The fourth-order valence-corrected chi connectivity index (χ4v) is 1.87. The van der Waals surface area contributed by atoms with E-state index < -0.39 is 0 Å². The summed E-state index contributed by atoms with van der Waals surface area (Å²) in [5, 5.41) is 0. The fraction of sp³-hybridized carbons (Fsp3) is 0.167. The van der Waals surface area contributed by atoms with Gasteiger partial charge < -0.3 is 4.57 Å². The standard InChI is InChI=1S/C12H13N2S/c1-15-10-12-13-7-8-14(12)9-11-5-3-2-4-6-11/h2-8,10H,9H2,1H3. The van der Waals surface area contributed by atoms with Gasteiger partial charge in [-0.25, -0.2) is 4.98 Å². The van der Waals surface area contributed by atoms with Crippen LogP contribution >= 0.6 is 11.8 Å². The van der Waals surface area contributed by atoms with Crippen molar-refractivity contribution in [3.05, 3.63) is 59.9 Å². The molecule has 2 nitrogen and oxygen atoms in total. The first-order valence-corrected chi connectivity index (χ1v) is 6.10. The highest BCUT2D eigenvalue weighted by Crippen LogP contribution is 2.11. The van der Waals surface area contributed by atoms with Crippen LogP contribution in [0.2, 0.25) is 0 Å². The van der Waals surface area contributed by atoms with Gasteiger partial charge in [0.05, 0.1) is 5.75 Å². The molecule has 0 saturated heterocycles. The molecule has 2 aromatic rings. The molecule has 0 bridgehead atoms. The first-order chi connectivity index (χ1) is 7.40. The maximum Gasteiger partial charge on any atom is 0.123 e. The van der Waals surface area contributed by atoms with E-state index in [1.165, 1.54) is 5.56 Å². The molecule has 0 N–H and O–H groups in total. The normalized spacial score (nSPS) is 10.5. The third kappa shape index (κ3) is 2.63. The van der Waals surface area contributed by atoms with Crippen LogP contribution in [0.4, 0.5) is 0 Å². The molecule has 0 spiro atoms. The Morgan fingerprint density at radius 2 is 2.13 bits per heavy atom. The van der Waals surface area contributed by atoms with Gasteiger partial charge in [-0.05, 0) is 11.8 Å². The zero-order valence-electron chi connectivity index (χ0n) is 8.63. The average Bonchev–Trinajstić information content (AvgIpc) is 2.68. The van der Waals surface area contributed by atoms with Crippen molar-refractivity contribution in [2.45, 2.75) is 6.54 Å². The van der Waals surface area contributed by atoms with Crippen molar-refractivity contribution in [1.29, 1.82) is 0 Å². The molecule has 0 amide bonds. The van der Waals surface area contributed by atoms with E-state index in [9.17, 15) is 0 Å². The van der Waals surface area contributed by atoms with E-state index in [0.29, 0.717) is 0 Å². The lowest BCUT2D eigenvalue weighted by molar-refractivity contribution is 0.776. The van der Waals surface area contributed by atoms with Crippen LogP contribution in [0.5, 0.6) is 0 Å². The Morgan fingerprint density at radius 1 is 1.33 bits per heavy atom. The zero-order chi connectivity index (χ0) is 10.5. The van der Waals surface area contributed by atoms with Crippen molar-refractivity contribution in [3.8, 4) is 0 Å². The van der Waals surface area contributed by atoms with Crippen LogP contribution < -0.4 is 0 Å². The second-order valence-electron chi connectivity index (χ2n) is 3.25. The number of thioether (sulfide) groups is 1. The summed E-state index contributed by atoms with van der Waals surface area (Å²) in [5.41, 5.74) is 1.30. The van der Waals surface area contributed by atoms with E-state index in [-0.39, 0.29) is 0 Å². The Morgan fingerprint density at radius 3 is 2.87 bits per heavy atom. The number of rotatable bonds is 4. The van der Waals surface area contributed by atoms with Gasteiger partial charge in [0, 0.05) is 18.9 Å². The van der Waals surface area contributed by atoms with E-state index in [0.717, 1.165) is 12.4 Å². The van der Waals surface area contributed by atoms with Gasteiger partial charge in [0.15, 0.2) is 0 Å². The van der Waals surface area contributed by atoms with Gasteiger partial charge in [-0.1, -0.05) is 30.3 Å².